The lowest BCUT2D eigenvalue weighted by molar-refractivity contribution is -0.126. The molecule has 0 saturated carbocycles. The van der Waals surface area contributed by atoms with Gasteiger partial charge in [-0.05, 0) is 38.3 Å². The van der Waals surface area contributed by atoms with Gasteiger partial charge in [0.05, 0.1) is 5.02 Å². The summed E-state index contributed by atoms with van der Waals surface area (Å²) in [5.74, 6) is -0.816. The average Bonchev–Trinajstić information content (AvgIpc) is 2.62. The Bertz CT molecular complexity index is 648. The van der Waals surface area contributed by atoms with Crippen LogP contribution in [0.1, 0.15) is 13.8 Å². The number of hydrogen-bond donors (Lipinski definition) is 2. The SMILES string of the molecule is CSc1ccc(NC(=O)CN2C(=O)NC(=O)C2(C)C)cc1Cl. The maximum Gasteiger partial charge on any atom is 0.325 e. The van der Waals surface area contributed by atoms with Gasteiger partial charge in [-0.2, -0.15) is 0 Å². The van der Waals surface area contributed by atoms with Gasteiger partial charge in [-0.3, -0.25) is 14.9 Å². The minimum absolute atomic E-state index is 0.216. The molecule has 22 heavy (non-hydrogen) atoms. The molecule has 1 aromatic rings. The lowest BCUT2D eigenvalue weighted by atomic mass is 10.0. The van der Waals surface area contributed by atoms with Crippen molar-refractivity contribution in [1.82, 2.24) is 10.2 Å². The van der Waals surface area contributed by atoms with Crippen molar-refractivity contribution in [3.63, 3.8) is 0 Å². The third kappa shape index (κ3) is 3.20. The predicted molar refractivity (Wildman–Crippen MR) is 86.2 cm³/mol. The van der Waals surface area contributed by atoms with Gasteiger partial charge in [0, 0.05) is 10.6 Å². The number of nitrogens with zero attached hydrogens (tertiary/aromatic N) is 1. The van der Waals surface area contributed by atoms with E-state index in [1.165, 1.54) is 16.7 Å². The Morgan fingerprint density at radius 2 is 2.09 bits per heavy atom. The molecule has 0 unspecified atom stereocenters. The van der Waals surface area contributed by atoms with Crippen molar-refractivity contribution < 1.29 is 14.4 Å². The molecule has 1 saturated heterocycles. The zero-order chi connectivity index (χ0) is 16.5. The highest BCUT2D eigenvalue weighted by atomic mass is 35.5. The zero-order valence-corrected chi connectivity index (χ0v) is 14.0. The normalized spacial score (nSPS) is 16.6. The van der Waals surface area contributed by atoms with Gasteiger partial charge in [-0.15, -0.1) is 11.8 Å². The maximum atomic E-state index is 12.1. The molecule has 1 aliphatic heterocycles. The fourth-order valence-electron chi connectivity index (χ4n) is 2.05. The first-order valence-corrected chi connectivity index (χ1v) is 8.12. The number of carbonyl (C=O) groups is 3. The Hall–Kier alpha value is -1.73. The van der Waals surface area contributed by atoms with E-state index in [0.717, 1.165) is 4.90 Å². The van der Waals surface area contributed by atoms with Crippen LogP contribution in [-0.4, -0.2) is 41.1 Å². The number of imide groups is 1. The van der Waals surface area contributed by atoms with Gasteiger partial charge in [-0.1, -0.05) is 11.6 Å². The molecule has 0 spiro atoms. The molecule has 0 atom stereocenters. The molecular weight excluding hydrogens is 326 g/mol. The molecule has 118 valence electrons. The molecule has 6 nitrogen and oxygen atoms in total. The zero-order valence-electron chi connectivity index (χ0n) is 12.4. The van der Waals surface area contributed by atoms with Crippen LogP contribution in [0.15, 0.2) is 23.1 Å². The van der Waals surface area contributed by atoms with Crippen LogP contribution in [0.3, 0.4) is 0 Å². The third-order valence-electron chi connectivity index (χ3n) is 3.43. The van der Waals surface area contributed by atoms with Crippen LogP contribution in [0.5, 0.6) is 0 Å². The van der Waals surface area contributed by atoms with Crippen molar-refractivity contribution in [2.24, 2.45) is 0 Å². The van der Waals surface area contributed by atoms with E-state index < -0.39 is 23.4 Å². The Kier molecular flexibility index (Phi) is 4.67. The van der Waals surface area contributed by atoms with E-state index in [-0.39, 0.29) is 6.54 Å². The topological polar surface area (TPSA) is 78.5 Å². The Morgan fingerprint density at radius 1 is 1.41 bits per heavy atom. The number of urea groups is 1. The van der Waals surface area contributed by atoms with E-state index in [4.69, 9.17) is 11.6 Å². The van der Waals surface area contributed by atoms with Gasteiger partial charge in [0.1, 0.15) is 12.1 Å². The molecule has 4 amide bonds. The summed E-state index contributed by atoms with van der Waals surface area (Å²) in [7, 11) is 0. The number of benzene rings is 1. The highest BCUT2D eigenvalue weighted by molar-refractivity contribution is 7.98. The molecule has 0 bridgehead atoms. The van der Waals surface area contributed by atoms with Gasteiger partial charge < -0.3 is 10.2 Å². The van der Waals surface area contributed by atoms with Crippen LogP contribution in [0, 0.1) is 0 Å². The summed E-state index contributed by atoms with van der Waals surface area (Å²) in [6, 6.07) is 4.61. The Morgan fingerprint density at radius 3 is 2.59 bits per heavy atom. The Balaban J connectivity index is 2.06. The van der Waals surface area contributed by atoms with Gasteiger partial charge in [0.15, 0.2) is 0 Å². The van der Waals surface area contributed by atoms with E-state index in [1.54, 1.807) is 32.0 Å². The molecule has 0 aliphatic carbocycles. The maximum absolute atomic E-state index is 12.1. The average molecular weight is 342 g/mol. The molecule has 1 fully saturated rings. The second kappa shape index (κ2) is 6.18. The lowest BCUT2D eigenvalue weighted by Crippen LogP contribution is -2.47. The van der Waals surface area contributed by atoms with Gasteiger partial charge >= 0.3 is 6.03 Å². The van der Waals surface area contributed by atoms with Crippen molar-refractivity contribution in [2.75, 3.05) is 18.1 Å². The summed E-state index contributed by atoms with van der Waals surface area (Å²) < 4.78 is 0. The van der Waals surface area contributed by atoms with Crippen molar-refractivity contribution in [2.45, 2.75) is 24.3 Å². The monoisotopic (exact) mass is 341 g/mol. The molecule has 1 aliphatic rings. The largest absolute Gasteiger partial charge is 0.325 e. The first-order valence-electron chi connectivity index (χ1n) is 6.52. The molecule has 1 heterocycles. The van der Waals surface area contributed by atoms with Crippen molar-refractivity contribution in [3.05, 3.63) is 23.2 Å². The minimum atomic E-state index is -1.05. The standard InChI is InChI=1S/C14H16ClN3O3S/c1-14(2)12(20)17-13(21)18(14)7-11(19)16-8-4-5-10(22-3)9(15)6-8/h4-6H,7H2,1-3H3,(H,16,19)(H,17,20,21). The molecule has 0 radical (unpaired) electrons. The van der Waals surface area contributed by atoms with Crippen molar-refractivity contribution >= 4 is 46.9 Å². The lowest BCUT2D eigenvalue weighted by Gasteiger charge is -2.27. The van der Waals surface area contributed by atoms with Crippen LogP contribution in [-0.2, 0) is 9.59 Å². The summed E-state index contributed by atoms with van der Waals surface area (Å²) in [5.41, 5.74) is -0.508. The minimum Gasteiger partial charge on any atom is -0.324 e. The molecule has 0 aromatic heterocycles. The Labute approximate surface area is 137 Å². The fourth-order valence-corrected chi connectivity index (χ4v) is 2.92. The van der Waals surface area contributed by atoms with Gasteiger partial charge in [0.2, 0.25) is 5.91 Å². The molecule has 8 heteroatoms. The number of thioether (sulfide) groups is 1. The number of hydrogen-bond acceptors (Lipinski definition) is 4. The summed E-state index contributed by atoms with van der Waals surface area (Å²) >= 11 is 7.59. The second-order valence-corrected chi connectivity index (χ2v) is 6.56. The summed E-state index contributed by atoms with van der Waals surface area (Å²) in [6.45, 7) is 2.96. The first kappa shape index (κ1) is 16.6. The van der Waals surface area contributed by atoms with E-state index in [1.807, 2.05) is 6.26 Å². The molecule has 2 rings (SSSR count). The van der Waals surface area contributed by atoms with E-state index in [9.17, 15) is 14.4 Å². The van der Waals surface area contributed by atoms with Crippen LogP contribution in [0.2, 0.25) is 5.02 Å². The van der Waals surface area contributed by atoms with E-state index in [2.05, 4.69) is 10.6 Å². The van der Waals surface area contributed by atoms with Crippen LogP contribution >= 0.6 is 23.4 Å². The van der Waals surface area contributed by atoms with Crippen LogP contribution < -0.4 is 10.6 Å². The third-order valence-corrected chi connectivity index (χ3v) is 4.65. The van der Waals surface area contributed by atoms with Gasteiger partial charge in [0.25, 0.3) is 5.91 Å². The number of halogens is 1. The van der Waals surface area contributed by atoms with Crippen molar-refractivity contribution in [3.8, 4) is 0 Å². The first-order chi connectivity index (χ1) is 10.3. The smallest absolute Gasteiger partial charge is 0.324 e. The number of amides is 4. The second-order valence-electron chi connectivity index (χ2n) is 5.30. The number of anilines is 1. The van der Waals surface area contributed by atoms with Gasteiger partial charge in [-0.25, -0.2) is 4.79 Å². The van der Waals surface area contributed by atoms with E-state index >= 15 is 0 Å². The number of nitrogens with one attached hydrogen (secondary N) is 2. The number of carbonyl (C=O) groups excluding carboxylic acids is 3. The van der Waals surface area contributed by atoms with E-state index in [0.29, 0.717) is 10.7 Å². The predicted octanol–water partition coefficient (Wildman–Crippen LogP) is 2.33. The quantitative estimate of drug-likeness (QED) is 0.650. The number of rotatable bonds is 4. The molecule has 1 aromatic carbocycles. The fraction of sp³-hybridized carbons (Fsp3) is 0.357. The van der Waals surface area contributed by atoms with Crippen LogP contribution in [0.25, 0.3) is 0 Å². The summed E-state index contributed by atoms with van der Waals surface area (Å²) in [5, 5.41) is 5.40. The summed E-state index contributed by atoms with van der Waals surface area (Å²) in [6.07, 6.45) is 1.91. The van der Waals surface area contributed by atoms with Crippen LogP contribution in [0.4, 0.5) is 10.5 Å². The molecule has 2 N–H and O–H groups in total. The van der Waals surface area contributed by atoms with Crippen molar-refractivity contribution in [1.29, 1.82) is 0 Å². The highest BCUT2D eigenvalue weighted by Gasteiger charge is 2.46. The molecular formula is C14H16ClN3O3S. The highest BCUT2D eigenvalue weighted by Crippen LogP contribution is 2.28. The summed E-state index contributed by atoms with van der Waals surface area (Å²) in [4.78, 5) is 37.5.